The van der Waals surface area contributed by atoms with E-state index in [1.54, 1.807) is 0 Å². The van der Waals surface area contributed by atoms with Crippen LogP contribution in [-0.2, 0) is 27.4 Å². The van der Waals surface area contributed by atoms with E-state index in [0.717, 1.165) is 17.1 Å². The normalized spacial score (nSPS) is 9.95. The maximum absolute atomic E-state index is 12.8. The van der Waals surface area contributed by atoms with Crippen molar-refractivity contribution in [3.8, 4) is 23.0 Å². The topological polar surface area (TPSA) is 126 Å². The quantitative estimate of drug-likeness (QED) is 0.190. The van der Waals surface area contributed by atoms with Crippen LogP contribution in [0.4, 0.5) is 15.3 Å². The van der Waals surface area contributed by atoms with Crippen molar-refractivity contribution >= 4 is 23.8 Å². The SMILES string of the molecule is CC[n+]1ccccc1CNC(=O)OCCCOC(=O)N(C(C)=O)c1cc(OC)c(OC)c(OC)c1OC.[I-]. The minimum absolute atomic E-state index is 0. The van der Waals surface area contributed by atoms with Gasteiger partial charge in [0.15, 0.2) is 17.7 Å². The Kier molecular flexibility index (Phi) is 14.0. The number of aromatic nitrogens is 1. The predicted octanol–water partition coefficient (Wildman–Crippen LogP) is -0.162. The van der Waals surface area contributed by atoms with Gasteiger partial charge in [0.2, 0.25) is 23.1 Å². The molecular weight excluding hydrogens is 613 g/mol. The Balaban J connectivity index is 0.00000722. The number of methoxy groups -OCH3 is 4. The largest absolute Gasteiger partial charge is 1.00 e. The number of alkyl carbamates (subject to hydrolysis) is 1. The van der Waals surface area contributed by atoms with Gasteiger partial charge < -0.3 is 57.7 Å². The number of carbonyl (C=O) groups is 3. The highest BCUT2D eigenvalue weighted by atomic mass is 127. The van der Waals surface area contributed by atoms with Crippen LogP contribution in [0, 0.1) is 0 Å². The van der Waals surface area contributed by atoms with E-state index in [2.05, 4.69) is 5.32 Å². The number of amides is 3. The first-order chi connectivity index (χ1) is 17.8. The molecule has 0 fully saturated rings. The molecule has 0 unspecified atom stereocenters. The molecule has 210 valence electrons. The van der Waals surface area contributed by atoms with Gasteiger partial charge in [0.05, 0.1) is 41.7 Å². The Morgan fingerprint density at radius 2 is 1.58 bits per heavy atom. The van der Waals surface area contributed by atoms with E-state index in [9.17, 15) is 14.4 Å². The number of hydrogen-bond donors (Lipinski definition) is 1. The fourth-order valence-electron chi connectivity index (χ4n) is 3.52. The second-order valence-corrected chi connectivity index (χ2v) is 7.49. The zero-order chi connectivity index (χ0) is 27.4. The molecule has 0 saturated carbocycles. The Morgan fingerprint density at radius 1 is 0.921 bits per heavy atom. The molecule has 1 N–H and O–H groups in total. The van der Waals surface area contributed by atoms with Crippen molar-refractivity contribution in [1.82, 2.24) is 5.32 Å². The van der Waals surface area contributed by atoms with Crippen molar-refractivity contribution in [2.24, 2.45) is 0 Å². The van der Waals surface area contributed by atoms with E-state index in [-0.39, 0.29) is 72.3 Å². The minimum atomic E-state index is -0.947. The Bertz CT molecular complexity index is 1100. The van der Waals surface area contributed by atoms with Gasteiger partial charge in [0.25, 0.3) is 0 Å². The highest BCUT2D eigenvalue weighted by Crippen LogP contribution is 2.50. The van der Waals surface area contributed by atoms with Gasteiger partial charge >= 0.3 is 12.2 Å². The fourth-order valence-corrected chi connectivity index (χ4v) is 3.52. The summed E-state index contributed by atoms with van der Waals surface area (Å²) in [6, 6.07) is 7.12. The lowest BCUT2D eigenvalue weighted by atomic mass is 10.2. The van der Waals surface area contributed by atoms with E-state index in [4.69, 9.17) is 28.4 Å². The van der Waals surface area contributed by atoms with Crippen LogP contribution in [-0.4, -0.2) is 59.7 Å². The lowest BCUT2D eigenvalue weighted by Crippen LogP contribution is -3.00. The number of imide groups is 1. The summed E-state index contributed by atoms with van der Waals surface area (Å²) < 4.78 is 33.8. The molecule has 2 aromatic rings. The molecule has 2 rings (SSSR count). The van der Waals surface area contributed by atoms with Crippen LogP contribution in [0.25, 0.3) is 0 Å². The monoisotopic (exact) mass is 647 g/mol. The first-order valence-electron chi connectivity index (χ1n) is 11.5. The molecule has 1 aromatic carbocycles. The third-order valence-electron chi connectivity index (χ3n) is 5.24. The maximum atomic E-state index is 12.8. The van der Waals surface area contributed by atoms with Crippen LogP contribution < -0.4 is 57.7 Å². The van der Waals surface area contributed by atoms with Crippen molar-refractivity contribution in [3.63, 3.8) is 0 Å². The van der Waals surface area contributed by atoms with Gasteiger partial charge in [0, 0.05) is 31.5 Å². The van der Waals surface area contributed by atoms with Gasteiger partial charge in [-0.1, -0.05) is 6.07 Å². The summed E-state index contributed by atoms with van der Waals surface area (Å²) >= 11 is 0. The molecule has 1 heterocycles. The summed E-state index contributed by atoms with van der Waals surface area (Å²) in [5, 5.41) is 2.68. The molecular formula is C25H34IN3O9. The van der Waals surface area contributed by atoms with E-state index in [1.165, 1.54) is 41.4 Å². The summed E-state index contributed by atoms with van der Waals surface area (Å²) in [7, 11) is 5.57. The second-order valence-electron chi connectivity index (χ2n) is 7.49. The molecule has 38 heavy (non-hydrogen) atoms. The number of nitrogens with one attached hydrogen (secondary N) is 1. The van der Waals surface area contributed by atoms with Crippen LogP contribution in [0.1, 0.15) is 26.0 Å². The smallest absolute Gasteiger partial charge is 0.421 e. The summed E-state index contributed by atoms with van der Waals surface area (Å²) in [4.78, 5) is 38.0. The number of pyridine rings is 1. The van der Waals surface area contributed by atoms with Gasteiger partial charge in [-0.15, -0.1) is 0 Å². The third-order valence-corrected chi connectivity index (χ3v) is 5.24. The van der Waals surface area contributed by atoms with Gasteiger partial charge in [-0.25, -0.2) is 19.1 Å². The van der Waals surface area contributed by atoms with Crippen molar-refractivity contribution < 1.29 is 71.3 Å². The zero-order valence-corrected chi connectivity index (χ0v) is 24.5. The first-order valence-corrected chi connectivity index (χ1v) is 11.5. The van der Waals surface area contributed by atoms with Crippen LogP contribution >= 0.6 is 0 Å². The molecule has 0 aliphatic heterocycles. The van der Waals surface area contributed by atoms with E-state index >= 15 is 0 Å². The Morgan fingerprint density at radius 3 is 2.16 bits per heavy atom. The van der Waals surface area contributed by atoms with Gasteiger partial charge in [-0.3, -0.25) is 4.79 Å². The van der Waals surface area contributed by atoms with Crippen LogP contribution in [0.3, 0.4) is 0 Å². The molecule has 0 bridgehead atoms. The number of hydrogen-bond acceptors (Lipinski definition) is 9. The number of anilines is 1. The number of rotatable bonds is 12. The van der Waals surface area contributed by atoms with Crippen molar-refractivity contribution in [2.75, 3.05) is 46.6 Å². The molecule has 0 saturated heterocycles. The Labute approximate surface area is 239 Å². The minimum Gasteiger partial charge on any atom is -1.00 e. The van der Waals surface area contributed by atoms with E-state index < -0.39 is 18.1 Å². The summed E-state index contributed by atoms with van der Waals surface area (Å²) in [5.74, 6) is 0.0366. The van der Waals surface area contributed by atoms with Gasteiger partial charge in [0.1, 0.15) is 18.8 Å². The molecule has 3 amide bonds. The van der Waals surface area contributed by atoms with E-state index in [1.807, 2.05) is 35.9 Å². The van der Waals surface area contributed by atoms with Crippen molar-refractivity contribution in [3.05, 3.63) is 36.2 Å². The number of nitrogens with zero attached hydrogens (tertiary/aromatic N) is 2. The predicted molar refractivity (Wildman–Crippen MR) is 132 cm³/mol. The first kappa shape index (κ1) is 32.5. The molecule has 0 aliphatic rings. The Hall–Kier alpha value is -3.49. The molecule has 0 aliphatic carbocycles. The van der Waals surface area contributed by atoms with Gasteiger partial charge in [-0.05, 0) is 6.92 Å². The number of ether oxygens (including phenoxy) is 6. The molecule has 1 aromatic heterocycles. The highest BCUT2D eigenvalue weighted by Gasteiger charge is 2.31. The fraction of sp³-hybridized carbons (Fsp3) is 0.440. The van der Waals surface area contributed by atoms with Crippen molar-refractivity contribution in [2.45, 2.75) is 33.4 Å². The third kappa shape index (κ3) is 8.26. The average molecular weight is 647 g/mol. The van der Waals surface area contributed by atoms with Crippen LogP contribution in [0.15, 0.2) is 30.5 Å². The summed E-state index contributed by atoms with van der Waals surface area (Å²) in [6.07, 6.45) is 0.606. The highest BCUT2D eigenvalue weighted by molar-refractivity contribution is 6.13. The number of benzene rings is 1. The zero-order valence-electron chi connectivity index (χ0n) is 22.4. The molecule has 0 atom stereocenters. The number of aryl methyl sites for hydroxylation is 1. The molecule has 0 spiro atoms. The van der Waals surface area contributed by atoms with Gasteiger partial charge in [-0.2, -0.15) is 0 Å². The lowest BCUT2D eigenvalue weighted by molar-refractivity contribution is -0.701. The molecule has 0 radical (unpaired) electrons. The van der Waals surface area contributed by atoms with Crippen LogP contribution in [0.2, 0.25) is 0 Å². The van der Waals surface area contributed by atoms with E-state index in [0.29, 0.717) is 6.54 Å². The lowest BCUT2D eigenvalue weighted by Gasteiger charge is -2.24. The summed E-state index contributed by atoms with van der Waals surface area (Å²) in [5.41, 5.74) is 0.984. The van der Waals surface area contributed by atoms with Crippen LogP contribution in [0.5, 0.6) is 23.0 Å². The number of carbonyl (C=O) groups excluding carboxylic acids is 3. The maximum Gasteiger partial charge on any atom is 0.421 e. The average Bonchev–Trinajstić information content (AvgIpc) is 2.90. The molecule has 12 nitrogen and oxygen atoms in total. The number of halogens is 1. The molecule has 13 heteroatoms. The standard InChI is InChI=1S/C25H33N3O9.HI/c1-7-27-12-9-8-11-18(27)16-26-24(30)36-13-10-14-37-25(31)28(17(2)29)19-15-20(32-3)22(34-5)23(35-6)21(19)33-4;/h8-9,11-12,15H,7,10,13-14,16H2,1-6H3;1H. The van der Waals surface area contributed by atoms with Crippen molar-refractivity contribution in [1.29, 1.82) is 0 Å². The second kappa shape index (κ2) is 16.4. The summed E-state index contributed by atoms with van der Waals surface area (Å²) in [6.45, 7) is 4.21.